The van der Waals surface area contributed by atoms with Crippen LogP contribution in [0, 0.1) is 0 Å². The summed E-state index contributed by atoms with van der Waals surface area (Å²) in [4.78, 5) is 10.6. The van der Waals surface area contributed by atoms with Gasteiger partial charge in [0.1, 0.15) is 4.60 Å². The van der Waals surface area contributed by atoms with Gasteiger partial charge < -0.3 is 0 Å². The molecule has 0 spiro atoms. The lowest BCUT2D eigenvalue weighted by atomic mass is 10.7. The molecule has 1 rings (SSSR count). The van der Waals surface area contributed by atoms with Gasteiger partial charge in [-0.15, -0.1) is 5.10 Å². The van der Waals surface area contributed by atoms with Crippen LogP contribution < -0.4 is 0 Å². The van der Waals surface area contributed by atoms with E-state index >= 15 is 0 Å². The fourth-order valence-corrected chi connectivity index (χ4v) is 0.848. The van der Waals surface area contributed by atoms with Crippen LogP contribution in [0.5, 0.6) is 0 Å². The number of carbonyl (C=O) groups excluding carboxylic acids is 1. The summed E-state index contributed by atoms with van der Waals surface area (Å²) in [6.07, 6.45) is 1.46. The molecule has 0 saturated carbocycles. The Hall–Kier alpha value is -0.710. The topological polar surface area (TPSA) is 47.8 Å². The first-order chi connectivity index (χ1) is 4.22. The quantitative estimate of drug-likeness (QED) is 0.604. The van der Waals surface area contributed by atoms with Gasteiger partial charge in [0.2, 0.25) is 5.91 Å². The molecule has 1 heterocycles. The molecular formula is C4H4BrN3O. The molecule has 9 heavy (non-hydrogen) atoms. The van der Waals surface area contributed by atoms with Crippen LogP contribution >= 0.6 is 15.9 Å². The summed E-state index contributed by atoms with van der Waals surface area (Å²) in [5, 5.41) is 6.97. The third-order valence-corrected chi connectivity index (χ3v) is 1.35. The number of aromatic nitrogens is 3. The molecule has 0 aliphatic heterocycles. The predicted molar refractivity (Wildman–Crippen MR) is 34.0 cm³/mol. The number of halogens is 1. The zero-order chi connectivity index (χ0) is 6.85. The average molecular weight is 190 g/mol. The van der Waals surface area contributed by atoms with Crippen molar-refractivity contribution in [1.82, 2.24) is 15.0 Å². The third-order valence-electron chi connectivity index (χ3n) is 0.806. The molecule has 0 fully saturated rings. The minimum Gasteiger partial charge on any atom is -0.273 e. The standard InChI is InChI=1S/C4H4BrN3O/c1-3(9)8-4(5)2-6-7-8/h2H,1H3. The van der Waals surface area contributed by atoms with Crippen molar-refractivity contribution in [2.75, 3.05) is 0 Å². The summed E-state index contributed by atoms with van der Waals surface area (Å²) in [6, 6.07) is 0. The van der Waals surface area contributed by atoms with Gasteiger partial charge in [-0.25, -0.2) is 0 Å². The molecule has 0 aliphatic rings. The van der Waals surface area contributed by atoms with Gasteiger partial charge in [0, 0.05) is 6.92 Å². The maximum absolute atomic E-state index is 10.6. The first-order valence-electron chi connectivity index (χ1n) is 2.29. The first-order valence-corrected chi connectivity index (χ1v) is 3.08. The van der Waals surface area contributed by atoms with Crippen molar-refractivity contribution < 1.29 is 4.79 Å². The molecule has 0 amide bonds. The van der Waals surface area contributed by atoms with E-state index in [0.717, 1.165) is 0 Å². The Kier molecular flexibility index (Phi) is 1.61. The molecule has 0 saturated heterocycles. The van der Waals surface area contributed by atoms with E-state index in [1.807, 2.05) is 0 Å². The van der Waals surface area contributed by atoms with E-state index in [-0.39, 0.29) is 5.91 Å². The van der Waals surface area contributed by atoms with Crippen LogP contribution in [0.1, 0.15) is 11.7 Å². The van der Waals surface area contributed by atoms with Gasteiger partial charge in [0.15, 0.2) is 0 Å². The third kappa shape index (κ3) is 1.16. The second-order valence-electron chi connectivity index (χ2n) is 1.49. The Morgan fingerprint density at radius 3 is 2.78 bits per heavy atom. The van der Waals surface area contributed by atoms with Gasteiger partial charge in [-0.1, -0.05) is 5.21 Å². The van der Waals surface area contributed by atoms with Crippen LogP contribution in [-0.2, 0) is 0 Å². The smallest absolute Gasteiger partial charge is 0.246 e. The SMILES string of the molecule is CC(=O)n1nncc1Br. The lowest BCUT2D eigenvalue weighted by Crippen LogP contribution is -2.07. The summed E-state index contributed by atoms with van der Waals surface area (Å²) in [6.45, 7) is 1.42. The van der Waals surface area contributed by atoms with Crippen molar-refractivity contribution in [3.63, 3.8) is 0 Å². The summed E-state index contributed by atoms with van der Waals surface area (Å²) in [5.74, 6) is -0.153. The van der Waals surface area contributed by atoms with Crippen LogP contribution in [0.15, 0.2) is 10.8 Å². The highest BCUT2D eigenvalue weighted by Gasteiger charge is 2.01. The zero-order valence-electron chi connectivity index (χ0n) is 4.71. The highest BCUT2D eigenvalue weighted by atomic mass is 79.9. The molecule has 0 atom stereocenters. The maximum Gasteiger partial charge on any atom is 0.246 e. The summed E-state index contributed by atoms with van der Waals surface area (Å²) in [7, 11) is 0. The molecule has 4 nitrogen and oxygen atoms in total. The number of carbonyl (C=O) groups is 1. The van der Waals surface area contributed by atoms with Crippen LogP contribution in [0.3, 0.4) is 0 Å². The van der Waals surface area contributed by atoms with Crippen molar-refractivity contribution in [3.05, 3.63) is 10.8 Å². The molecular weight excluding hydrogens is 186 g/mol. The fourth-order valence-electron chi connectivity index (χ4n) is 0.436. The number of nitrogens with zero attached hydrogens (tertiary/aromatic N) is 3. The van der Waals surface area contributed by atoms with Crippen molar-refractivity contribution >= 4 is 21.8 Å². The molecule has 0 N–H and O–H groups in total. The summed E-state index contributed by atoms with van der Waals surface area (Å²) < 4.78 is 1.75. The Bertz CT molecular complexity index is 231. The Morgan fingerprint density at radius 1 is 1.89 bits per heavy atom. The molecule has 1 aromatic heterocycles. The Morgan fingerprint density at radius 2 is 2.56 bits per heavy atom. The highest BCUT2D eigenvalue weighted by Crippen LogP contribution is 2.04. The second-order valence-corrected chi connectivity index (χ2v) is 2.30. The molecule has 0 aliphatic carbocycles. The predicted octanol–water partition coefficient (Wildman–Crippen LogP) is 0.701. The van der Waals surface area contributed by atoms with E-state index < -0.39 is 0 Å². The van der Waals surface area contributed by atoms with E-state index in [2.05, 4.69) is 26.2 Å². The lowest BCUT2D eigenvalue weighted by molar-refractivity contribution is 0.0916. The molecule has 1 aromatic rings. The molecule has 0 radical (unpaired) electrons. The maximum atomic E-state index is 10.6. The Balaban J connectivity index is 3.08. The monoisotopic (exact) mass is 189 g/mol. The van der Waals surface area contributed by atoms with Crippen molar-refractivity contribution in [1.29, 1.82) is 0 Å². The van der Waals surface area contributed by atoms with Crippen LogP contribution in [0.2, 0.25) is 0 Å². The van der Waals surface area contributed by atoms with Crippen LogP contribution in [0.25, 0.3) is 0 Å². The zero-order valence-corrected chi connectivity index (χ0v) is 6.29. The van der Waals surface area contributed by atoms with E-state index in [1.165, 1.54) is 17.8 Å². The van der Waals surface area contributed by atoms with Gasteiger partial charge in [-0.3, -0.25) is 4.79 Å². The summed E-state index contributed by atoms with van der Waals surface area (Å²) in [5.41, 5.74) is 0. The van der Waals surface area contributed by atoms with Gasteiger partial charge in [-0.05, 0) is 15.9 Å². The second kappa shape index (κ2) is 2.26. The molecule has 48 valence electrons. The van der Waals surface area contributed by atoms with E-state index in [1.54, 1.807) is 0 Å². The van der Waals surface area contributed by atoms with Crippen molar-refractivity contribution in [3.8, 4) is 0 Å². The normalized spacial score (nSPS) is 9.56. The molecule has 0 aromatic carbocycles. The molecule has 5 heteroatoms. The minimum atomic E-state index is -0.153. The van der Waals surface area contributed by atoms with E-state index in [9.17, 15) is 4.79 Å². The average Bonchev–Trinajstić information content (AvgIpc) is 2.13. The lowest BCUT2D eigenvalue weighted by Gasteiger charge is -1.89. The van der Waals surface area contributed by atoms with Gasteiger partial charge in [0.05, 0.1) is 6.20 Å². The van der Waals surface area contributed by atoms with Crippen LogP contribution in [-0.4, -0.2) is 20.9 Å². The van der Waals surface area contributed by atoms with Gasteiger partial charge in [-0.2, -0.15) is 4.68 Å². The van der Waals surface area contributed by atoms with Crippen molar-refractivity contribution in [2.24, 2.45) is 0 Å². The fraction of sp³-hybridized carbons (Fsp3) is 0.250. The number of rotatable bonds is 0. The molecule has 0 bridgehead atoms. The largest absolute Gasteiger partial charge is 0.273 e. The summed E-state index contributed by atoms with van der Waals surface area (Å²) >= 11 is 3.08. The number of hydrogen-bond donors (Lipinski definition) is 0. The van der Waals surface area contributed by atoms with Crippen LogP contribution in [0.4, 0.5) is 0 Å². The Labute approximate surface area is 60.0 Å². The van der Waals surface area contributed by atoms with Crippen molar-refractivity contribution in [2.45, 2.75) is 6.92 Å². The minimum absolute atomic E-state index is 0.153. The molecule has 0 unspecified atom stereocenters. The van der Waals surface area contributed by atoms with E-state index in [4.69, 9.17) is 0 Å². The number of hydrogen-bond acceptors (Lipinski definition) is 3. The first kappa shape index (κ1) is 6.41. The van der Waals surface area contributed by atoms with Gasteiger partial charge >= 0.3 is 0 Å². The van der Waals surface area contributed by atoms with Gasteiger partial charge in [0.25, 0.3) is 0 Å². The van der Waals surface area contributed by atoms with E-state index in [0.29, 0.717) is 4.60 Å². The highest BCUT2D eigenvalue weighted by molar-refractivity contribution is 9.10.